The molecule has 0 aliphatic heterocycles. The van der Waals surface area contributed by atoms with Gasteiger partial charge in [-0.2, -0.15) is 0 Å². The smallest absolute Gasteiger partial charge is 0.315 e. The van der Waals surface area contributed by atoms with E-state index >= 15 is 0 Å². The van der Waals surface area contributed by atoms with E-state index in [0.717, 1.165) is 18.4 Å². The van der Waals surface area contributed by atoms with Crippen molar-refractivity contribution in [3.05, 3.63) is 29.8 Å². The molecule has 1 aliphatic carbocycles. The van der Waals surface area contributed by atoms with Crippen LogP contribution in [0, 0.1) is 11.8 Å². The molecule has 4 heteroatoms. The summed E-state index contributed by atoms with van der Waals surface area (Å²) in [5, 5.41) is 0. The standard InChI is InChI=1S/C19H26O4/c1-4-22-18(20)15-10-5-6-11-16(15)19(21)23-17-12-8-7-9-14(17)13(2)3/h7-9,12-13,15-16H,4-6,10-11H2,1-3H3. The second-order valence-corrected chi connectivity index (χ2v) is 6.36. The lowest BCUT2D eigenvalue weighted by Gasteiger charge is -2.28. The predicted octanol–water partition coefficient (Wildman–Crippen LogP) is 4.08. The van der Waals surface area contributed by atoms with Crippen molar-refractivity contribution >= 4 is 11.9 Å². The van der Waals surface area contributed by atoms with E-state index in [1.54, 1.807) is 6.92 Å². The number of rotatable bonds is 5. The Balaban J connectivity index is 2.13. The SMILES string of the molecule is CCOC(=O)C1CCCCC1C(=O)Oc1ccccc1C(C)C. The van der Waals surface area contributed by atoms with Crippen molar-refractivity contribution in [2.45, 2.75) is 52.4 Å². The van der Waals surface area contributed by atoms with E-state index in [0.29, 0.717) is 25.2 Å². The van der Waals surface area contributed by atoms with E-state index < -0.39 is 5.92 Å². The molecule has 0 radical (unpaired) electrons. The first-order valence-corrected chi connectivity index (χ1v) is 8.51. The van der Waals surface area contributed by atoms with E-state index in [9.17, 15) is 9.59 Å². The Hall–Kier alpha value is -1.84. The van der Waals surface area contributed by atoms with Gasteiger partial charge in [0.25, 0.3) is 0 Å². The molecule has 0 N–H and O–H groups in total. The van der Waals surface area contributed by atoms with Crippen LogP contribution in [0.15, 0.2) is 24.3 Å². The van der Waals surface area contributed by atoms with Crippen molar-refractivity contribution in [1.82, 2.24) is 0 Å². The lowest BCUT2D eigenvalue weighted by Crippen LogP contribution is -2.36. The van der Waals surface area contributed by atoms with Crippen LogP contribution in [0.3, 0.4) is 0 Å². The third-order valence-corrected chi connectivity index (χ3v) is 4.41. The Morgan fingerprint density at radius 2 is 1.70 bits per heavy atom. The molecule has 0 bridgehead atoms. The number of para-hydroxylation sites is 1. The van der Waals surface area contributed by atoms with E-state index in [2.05, 4.69) is 13.8 Å². The number of carbonyl (C=O) groups excluding carboxylic acids is 2. The molecule has 0 saturated heterocycles. The van der Waals surface area contributed by atoms with Gasteiger partial charge in [-0.25, -0.2) is 0 Å². The molecule has 0 heterocycles. The molecule has 0 spiro atoms. The van der Waals surface area contributed by atoms with Gasteiger partial charge in [0.05, 0.1) is 18.4 Å². The molecule has 1 aromatic rings. The van der Waals surface area contributed by atoms with Crippen LogP contribution in [0.5, 0.6) is 5.75 Å². The largest absolute Gasteiger partial charge is 0.466 e. The van der Waals surface area contributed by atoms with Gasteiger partial charge in [0.2, 0.25) is 0 Å². The first kappa shape index (κ1) is 17.5. The van der Waals surface area contributed by atoms with Gasteiger partial charge in [0.1, 0.15) is 5.75 Å². The van der Waals surface area contributed by atoms with Gasteiger partial charge in [0.15, 0.2) is 0 Å². The number of esters is 2. The molecule has 126 valence electrons. The number of benzene rings is 1. The lowest BCUT2D eigenvalue weighted by molar-refractivity contribution is -0.158. The average Bonchev–Trinajstić information content (AvgIpc) is 2.55. The summed E-state index contributed by atoms with van der Waals surface area (Å²) in [5.41, 5.74) is 1.00. The topological polar surface area (TPSA) is 52.6 Å². The van der Waals surface area contributed by atoms with Gasteiger partial charge >= 0.3 is 11.9 Å². The van der Waals surface area contributed by atoms with Gasteiger partial charge in [0, 0.05) is 0 Å². The maximum atomic E-state index is 12.6. The van der Waals surface area contributed by atoms with Crippen molar-refractivity contribution in [2.24, 2.45) is 11.8 Å². The quantitative estimate of drug-likeness (QED) is 0.606. The van der Waals surface area contributed by atoms with Crippen molar-refractivity contribution in [3.63, 3.8) is 0 Å². The minimum Gasteiger partial charge on any atom is -0.466 e. The zero-order valence-electron chi connectivity index (χ0n) is 14.2. The molecular weight excluding hydrogens is 292 g/mol. The highest BCUT2D eigenvalue weighted by molar-refractivity contribution is 5.83. The fourth-order valence-electron chi connectivity index (χ4n) is 3.18. The summed E-state index contributed by atoms with van der Waals surface area (Å²) in [7, 11) is 0. The maximum absolute atomic E-state index is 12.6. The molecule has 2 rings (SSSR count). The molecule has 1 aromatic carbocycles. The van der Waals surface area contributed by atoms with Crippen LogP contribution in [0.1, 0.15) is 57.9 Å². The van der Waals surface area contributed by atoms with Gasteiger partial charge in [-0.1, -0.05) is 44.9 Å². The van der Waals surface area contributed by atoms with E-state index in [4.69, 9.17) is 9.47 Å². The Bertz CT molecular complexity index is 550. The van der Waals surface area contributed by atoms with Crippen molar-refractivity contribution in [3.8, 4) is 5.75 Å². The van der Waals surface area contributed by atoms with Crippen LogP contribution in [0.25, 0.3) is 0 Å². The van der Waals surface area contributed by atoms with Gasteiger partial charge in [-0.05, 0) is 37.3 Å². The third-order valence-electron chi connectivity index (χ3n) is 4.41. The summed E-state index contributed by atoms with van der Waals surface area (Å²) in [6.45, 7) is 6.25. The highest BCUT2D eigenvalue weighted by Gasteiger charge is 2.38. The van der Waals surface area contributed by atoms with Crippen LogP contribution < -0.4 is 4.74 Å². The zero-order valence-corrected chi connectivity index (χ0v) is 14.2. The molecular formula is C19H26O4. The normalized spacial score (nSPS) is 21.0. The van der Waals surface area contributed by atoms with Crippen molar-refractivity contribution in [2.75, 3.05) is 6.61 Å². The van der Waals surface area contributed by atoms with Crippen molar-refractivity contribution in [1.29, 1.82) is 0 Å². The first-order chi connectivity index (χ1) is 11.0. The fourth-order valence-corrected chi connectivity index (χ4v) is 3.18. The number of hydrogen-bond donors (Lipinski definition) is 0. The maximum Gasteiger partial charge on any atom is 0.315 e. The predicted molar refractivity (Wildman–Crippen MR) is 88.2 cm³/mol. The lowest BCUT2D eigenvalue weighted by atomic mass is 9.79. The van der Waals surface area contributed by atoms with Crippen LogP contribution >= 0.6 is 0 Å². The Kier molecular flexibility index (Phi) is 6.20. The fraction of sp³-hybridized carbons (Fsp3) is 0.579. The van der Waals surface area contributed by atoms with E-state index in [-0.39, 0.29) is 23.8 Å². The first-order valence-electron chi connectivity index (χ1n) is 8.51. The molecule has 23 heavy (non-hydrogen) atoms. The van der Waals surface area contributed by atoms with Gasteiger partial charge in [-0.15, -0.1) is 0 Å². The van der Waals surface area contributed by atoms with Crippen LogP contribution in [0.2, 0.25) is 0 Å². The van der Waals surface area contributed by atoms with E-state index in [1.165, 1.54) is 0 Å². The molecule has 1 aliphatic rings. The molecule has 1 fully saturated rings. The summed E-state index contributed by atoms with van der Waals surface area (Å²) >= 11 is 0. The summed E-state index contributed by atoms with van der Waals surface area (Å²) in [6.07, 6.45) is 3.29. The molecule has 2 unspecified atom stereocenters. The van der Waals surface area contributed by atoms with Crippen molar-refractivity contribution < 1.29 is 19.1 Å². The molecule has 1 saturated carbocycles. The second kappa shape index (κ2) is 8.14. The van der Waals surface area contributed by atoms with Crippen LogP contribution in [-0.2, 0) is 14.3 Å². The Morgan fingerprint density at radius 1 is 1.09 bits per heavy atom. The summed E-state index contributed by atoms with van der Waals surface area (Å²) in [4.78, 5) is 24.7. The van der Waals surface area contributed by atoms with E-state index in [1.807, 2.05) is 24.3 Å². The molecule has 0 amide bonds. The second-order valence-electron chi connectivity index (χ2n) is 6.36. The minimum absolute atomic E-state index is 0.270. The summed E-state index contributed by atoms with van der Waals surface area (Å²) in [5.74, 6) is -0.487. The Morgan fingerprint density at radius 3 is 2.30 bits per heavy atom. The molecule has 0 aromatic heterocycles. The highest BCUT2D eigenvalue weighted by atomic mass is 16.5. The summed E-state index contributed by atoms with van der Waals surface area (Å²) in [6, 6.07) is 7.58. The highest BCUT2D eigenvalue weighted by Crippen LogP contribution is 2.34. The summed E-state index contributed by atoms with van der Waals surface area (Å²) < 4.78 is 10.8. The number of carbonyl (C=O) groups is 2. The third kappa shape index (κ3) is 4.34. The minimum atomic E-state index is -0.400. The van der Waals surface area contributed by atoms with Gasteiger partial charge < -0.3 is 9.47 Å². The number of hydrogen-bond acceptors (Lipinski definition) is 4. The Labute approximate surface area is 138 Å². The molecule has 4 nitrogen and oxygen atoms in total. The average molecular weight is 318 g/mol. The van der Waals surface area contributed by atoms with Crippen LogP contribution in [0.4, 0.5) is 0 Å². The number of ether oxygens (including phenoxy) is 2. The zero-order chi connectivity index (χ0) is 16.8. The van der Waals surface area contributed by atoms with Gasteiger partial charge in [-0.3, -0.25) is 9.59 Å². The van der Waals surface area contributed by atoms with Crippen LogP contribution in [-0.4, -0.2) is 18.5 Å². The monoisotopic (exact) mass is 318 g/mol. The molecule has 2 atom stereocenters.